The van der Waals surface area contributed by atoms with E-state index in [1.165, 1.54) is 9.88 Å². The Balaban J connectivity index is 2.00. The van der Waals surface area contributed by atoms with Gasteiger partial charge >= 0.3 is 0 Å². The van der Waals surface area contributed by atoms with Gasteiger partial charge in [0.05, 0.1) is 19.2 Å². The number of halogens is 1. The molecule has 1 heterocycles. The first kappa shape index (κ1) is 18.2. The summed E-state index contributed by atoms with van der Waals surface area (Å²) in [6, 6.07) is 3.92. The summed E-state index contributed by atoms with van der Waals surface area (Å²) in [6.07, 6.45) is 1.96. The van der Waals surface area contributed by atoms with Crippen molar-refractivity contribution < 1.29 is 9.47 Å². The normalized spacial score (nSPS) is 11.6. The quantitative estimate of drug-likeness (QED) is 0.776. The van der Waals surface area contributed by atoms with Gasteiger partial charge in [0, 0.05) is 34.1 Å². The second-order valence-electron chi connectivity index (χ2n) is 6.28. The Morgan fingerprint density at radius 3 is 2.35 bits per heavy atom. The van der Waals surface area contributed by atoms with Gasteiger partial charge in [0.25, 0.3) is 0 Å². The van der Waals surface area contributed by atoms with Gasteiger partial charge in [-0.15, -0.1) is 11.3 Å². The van der Waals surface area contributed by atoms with Gasteiger partial charge in [-0.1, -0.05) is 36.7 Å². The van der Waals surface area contributed by atoms with E-state index in [9.17, 15) is 0 Å². The second-order valence-corrected chi connectivity index (χ2v) is 8.25. The summed E-state index contributed by atoms with van der Waals surface area (Å²) >= 11 is 5.35. The highest BCUT2D eigenvalue weighted by Crippen LogP contribution is 2.33. The highest BCUT2D eigenvalue weighted by Gasteiger charge is 2.17. The van der Waals surface area contributed by atoms with E-state index in [2.05, 4.69) is 47.0 Å². The predicted octanol–water partition coefficient (Wildman–Crippen LogP) is 4.51. The maximum atomic E-state index is 5.36. The van der Waals surface area contributed by atoms with Crippen molar-refractivity contribution in [3.8, 4) is 11.5 Å². The van der Waals surface area contributed by atoms with Crippen molar-refractivity contribution in [2.24, 2.45) is 0 Å². The number of hydrogen-bond acceptors (Lipinski definition) is 5. The predicted molar refractivity (Wildman–Crippen MR) is 98.6 cm³/mol. The van der Waals surface area contributed by atoms with Crippen molar-refractivity contribution in [1.29, 1.82) is 0 Å². The van der Waals surface area contributed by atoms with Gasteiger partial charge in [-0.25, -0.2) is 4.98 Å². The van der Waals surface area contributed by atoms with Crippen LogP contribution in [0.1, 0.15) is 36.2 Å². The van der Waals surface area contributed by atoms with Gasteiger partial charge in [-0.3, -0.25) is 0 Å². The largest absolute Gasteiger partial charge is 0.493 e. The highest BCUT2D eigenvalue weighted by atomic mass is 79.9. The Hall–Kier alpha value is -1.11. The molecule has 0 atom stereocenters. The highest BCUT2D eigenvalue weighted by molar-refractivity contribution is 9.10. The van der Waals surface area contributed by atoms with E-state index in [4.69, 9.17) is 9.47 Å². The van der Waals surface area contributed by atoms with Crippen LogP contribution < -0.4 is 14.8 Å². The molecule has 1 N–H and O–H groups in total. The third kappa shape index (κ3) is 4.68. The van der Waals surface area contributed by atoms with Crippen LogP contribution in [0.15, 0.2) is 22.8 Å². The Morgan fingerprint density at radius 1 is 1.13 bits per heavy atom. The standard InChI is InChI=1S/C17H23BrN2O2S/c1-17(2,3)16-20-10-12(23-16)9-19-8-11-6-14(21-4)15(22-5)7-13(11)18/h6-7,10,19H,8-9H2,1-5H3. The summed E-state index contributed by atoms with van der Waals surface area (Å²) in [6.45, 7) is 8.09. The smallest absolute Gasteiger partial charge is 0.161 e. The van der Waals surface area contributed by atoms with E-state index >= 15 is 0 Å². The number of aromatic nitrogens is 1. The molecule has 0 amide bonds. The summed E-state index contributed by atoms with van der Waals surface area (Å²) in [7, 11) is 3.28. The monoisotopic (exact) mass is 398 g/mol. The first-order chi connectivity index (χ1) is 10.8. The molecule has 0 saturated heterocycles. The molecule has 1 aromatic heterocycles. The minimum atomic E-state index is 0.106. The molecule has 0 bridgehead atoms. The number of methoxy groups -OCH3 is 2. The molecule has 0 aliphatic rings. The topological polar surface area (TPSA) is 43.4 Å². The average Bonchev–Trinajstić information content (AvgIpc) is 2.97. The van der Waals surface area contributed by atoms with Crippen molar-refractivity contribution in [2.45, 2.75) is 39.3 Å². The lowest BCUT2D eigenvalue weighted by Gasteiger charge is -2.13. The molecule has 4 nitrogen and oxygen atoms in total. The van der Waals surface area contributed by atoms with E-state index in [0.717, 1.165) is 34.6 Å². The summed E-state index contributed by atoms with van der Waals surface area (Å²) in [4.78, 5) is 5.76. The number of nitrogens with one attached hydrogen (secondary N) is 1. The van der Waals surface area contributed by atoms with Crippen LogP contribution >= 0.6 is 27.3 Å². The van der Waals surface area contributed by atoms with Crippen LogP contribution in [0.5, 0.6) is 11.5 Å². The maximum Gasteiger partial charge on any atom is 0.161 e. The van der Waals surface area contributed by atoms with Gasteiger partial charge < -0.3 is 14.8 Å². The van der Waals surface area contributed by atoms with Gasteiger partial charge in [-0.2, -0.15) is 0 Å². The Kier molecular flexibility index (Phi) is 6.06. The molecule has 0 aliphatic carbocycles. The van der Waals surface area contributed by atoms with Gasteiger partial charge in [0.1, 0.15) is 0 Å². The first-order valence-corrected chi connectivity index (χ1v) is 9.02. The first-order valence-electron chi connectivity index (χ1n) is 7.41. The summed E-state index contributed by atoms with van der Waals surface area (Å²) in [5.41, 5.74) is 1.23. The zero-order valence-corrected chi connectivity index (χ0v) is 16.6. The third-order valence-corrected chi connectivity index (χ3v) is 5.52. The SMILES string of the molecule is COc1cc(Br)c(CNCc2cnc(C(C)(C)C)s2)cc1OC. The number of benzene rings is 1. The Morgan fingerprint density at radius 2 is 1.78 bits per heavy atom. The van der Waals surface area contributed by atoms with E-state index < -0.39 is 0 Å². The molecule has 23 heavy (non-hydrogen) atoms. The summed E-state index contributed by atoms with van der Waals surface area (Å²) in [5, 5.41) is 4.62. The molecule has 1 aromatic carbocycles. The van der Waals surface area contributed by atoms with E-state index in [1.54, 1.807) is 25.6 Å². The molecular weight excluding hydrogens is 376 g/mol. The average molecular weight is 399 g/mol. The number of ether oxygens (including phenoxy) is 2. The molecule has 2 aromatic rings. The van der Waals surface area contributed by atoms with Crippen LogP contribution in [0.3, 0.4) is 0 Å². The third-order valence-electron chi connectivity index (χ3n) is 3.36. The zero-order valence-electron chi connectivity index (χ0n) is 14.2. The van der Waals surface area contributed by atoms with Crippen molar-refractivity contribution in [3.05, 3.63) is 38.3 Å². The molecule has 0 saturated carbocycles. The molecule has 0 fully saturated rings. The minimum Gasteiger partial charge on any atom is -0.493 e. The van der Waals surface area contributed by atoms with Gasteiger partial charge in [-0.05, 0) is 17.7 Å². The van der Waals surface area contributed by atoms with Crippen LogP contribution in [0.25, 0.3) is 0 Å². The number of thiazole rings is 1. The van der Waals surface area contributed by atoms with Crippen molar-refractivity contribution in [1.82, 2.24) is 10.3 Å². The molecule has 0 radical (unpaired) electrons. The van der Waals surface area contributed by atoms with E-state index in [-0.39, 0.29) is 5.41 Å². The van der Waals surface area contributed by atoms with Crippen molar-refractivity contribution >= 4 is 27.3 Å². The van der Waals surface area contributed by atoms with Crippen molar-refractivity contribution in [3.63, 3.8) is 0 Å². The lowest BCUT2D eigenvalue weighted by Crippen LogP contribution is -2.12. The van der Waals surface area contributed by atoms with Crippen LogP contribution in [0.2, 0.25) is 0 Å². The van der Waals surface area contributed by atoms with E-state index in [0.29, 0.717) is 0 Å². The lowest BCUT2D eigenvalue weighted by atomic mass is 9.98. The fraction of sp³-hybridized carbons (Fsp3) is 0.471. The van der Waals surface area contributed by atoms with Crippen LogP contribution in [0, 0.1) is 0 Å². The number of rotatable bonds is 6. The maximum absolute atomic E-state index is 5.36. The molecule has 2 rings (SSSR count). The molecule has 126 valence electrons. The van der Waals surface area contributed by atoms with Crippen molar-refractivity contribution in [2.75, 3.05) is 14.2 Å². The molecule has 0 aliphatic heterocycles. The second kappa shape index (κ2) is 7.64. The Labute approximate surface area is 150 Å². The summed E-state index contributed by atoms with van der Waals surface area (Å²) < 4.78 is 11.7. The molecule has 6 heteroatoms. The fourth-order valence-electron chi connectivity index (χ4n) is 2.09. The van der Waals surface area contributed by atoms with Crippen LogP contribution in [-0.4, -0.2) is 19.2 Å². The van der Waals surface area contributed by atoms with Crippen LogP contribution in [-0.2, 0) is 18.5 Å². The van der Waals surface area contributed by atoms with Gasteiger partial charge in [0.15, 0.2) is 11.5 Å². The fourth-order valence-corrected chi connectivity index (χ4v) is 3.49. The zero-order chi connectivity index (χ0) is 17.0. The minimum absolute atomic E-state index is 0.106. The molecular formula is C17H23BrN2O2S. The number of nitrogens with zero attached hydrogens (tertiary/aromatic N) is 1. The summed E-state index contributed by atoms with van der Waals surface area (Å²) in [5.74, 6) is 1.46. The van der Waals surface area contributed by atoms with Gasteiger partial charge in [0.2, 0.25) is 0 Å². The lowest BCUT2D eigenvalue weighted by molar-refractivity contribution is 0.354. The molecule has 0 unspecified atom stereocenters. The Bertz CT molecular complexity index is 665. The number of hydrogen-bond donors (Lipinski definition) is 1. The van der Waals surface area contributed by atoms with E-state index in [1.807, 2.05) is 18.3 Å². The van der Waals surface area contributed by atoms with Crippen LogP contribution in [0.4, 0.5) is 0 Å². The molecule has 0 spiro atoms.